The van der Waals surface area contributed by atoms with Gasteiger partial charge in [0, 0.05) is 36.7 Å². The van der Waals surface area contributed by atoms with Gasteiger partial charge in [0.25, 0.3) is 0 Å². The minimum absolute atomic E-state index is 0.0387. The first-order chi connectivity index (χ1) is 16.6. The number of aromatic nitrogens is 1. The second-order valence-electron chi connectivity index (χ2n) is 10.6. The van der Waals surface area contributed by atoms with Crippen LogP contribution in [0.2, 0.25) is 5.15 Å². The first kappa shape index (κ1) is 22.3. The molecule has 3 nitrogen and oxygen atoms in total. The molecule has 3 aliphatic rings. The van der Waals surface area contributed by atoms with Gasteiger partial charge in [0.2, 0.25) is 0 Å². The summed E-state index contributed by atoms with van der Waals surface area (Å²) in [6, 6.07) is 24.5. The lowest BCUT2D eigenvalue weighted by molar-refractivity contribution is 0.0932. The van der Waals surface area contributed by atoms with Gasteiger partial charge in [-0.3, -0.25) is 0 Å². The van der Waals surface area contributed by atoms with Gasteiger partial charge >= 0.3 is 0 Å². The van der Waals surface area contributed by atoms with Crippen LogP contribution in [-0.2, 0) is 17.4 Å². The van der Waals surface area contributed by atoms with E-state index >= 15 is 0 Å². The van der Waals surface area contributed by atoms with Crippen LogP contribution in [0.25, 0.3) is 0 Å². The van der Waals surface area contributed by atoms with E-state index in [0.717, 1.165) is 45.3 Å². The number of nitrogens with one attached hydrogen (secondary N) is 1. The van der Waals surface area contributed by atoms with Crippen LogP contribution >= 0.6 is 11.6 Å². The average Bonchev–Trinajstić information content (AvgIpc) is 3.29. The number of hydrogen-bond donors (Lipinski definition) is 1. The molecule has 4 heteroatoms. The molecular formula is C30H33ClN3. The van der Waals surface area contributed by atoms with Gasteiger partial charge in [0.05, 0.1) is 5.54 Å². The molecule has 6 rings (SSSR count). The number of piperidine rings is 1. The van der Waals surface area contributed by atoms with E-state index in [1.807, 2.05) is 6.07 Å². The highest BCUT2D eigenvalue weighted by Gasteiger charge is 2.58. The molecule has 1 spiro atoms. The van der Waals surface area contributed by atoms with Gasteiger partial charge in [0.1, 0.15) is 5.15 Å². The molecule has 2 aromatic carbocycles. The van der Waals surface area contributed by atoms with Gasteiger partial charge in [-0.1, -0.05) is 77.8 Å². The highest BCUT2D eigenvalue weighted by molar-refractivity contribution is 6.29. The summed E-state index contributed by atoms with van der Waals surface area (Å²) in [6.45, 7) is 5.10. The molecule has 0 bridgehead atoms. The van der Waals surface area contributed by atoms with Crippen LogP contribution in [0.1, 0.15) is 59.5 Å². The Balaban J connectivity index is 1.50. The normalized spacial score (nSPS) is 30.9. The number of nitrogens with zero attached hydrogens (tertiary/aromatic N) is 2. The van der Waals surface area contributed by atoms with Crippen LogP contribution in [0.4, 0.5) is 0 Å². The number of aryl methyl sites for hydroxylation is 2. The third kappa shape index (κ3) is 3.61. The topological polar surface area (TPSA) is 39.0 Å². The van der Waals surface area contributed by atoms with E-state index in [9.17, 15) is 0 Å². The molecule has 2 saturated heterocycles. The molecule has 175 valence electrons. The fraction of sp³-hybridized carbons (Fsp3) is 0.433. The highest BCUT2D eigenvalue weighted by atomic mass is 35.5. The Morgan fingerprint density at radius 2 is 1.91 bits per heavy atom. The maximum Gasteiger partial charge on any atom is 0.129 e. The molecule has 3 aromatic rings. The van der Waals surface area contributed by atoms with Crippen LogP contribution < -0.4 is 10.6 Å². The van der Waals surface area contributed by atoms with E-state index < -0.39 is 0 Å². The predicted molar refractivity (Wildman–Crippen MR) is 138 cm³/mol. The molecule has 1 aliphatic carbocycles. The van der Waals surface area contributed by atoms with Crippen molar-refractivity contribution in [3.8, 4) is 0 Å². The summed E-state index contributed by atoms with van der Waals surface area (Å²) < 4.78 is 0. The molecule has 1 aromatic heterocycles. The molecule has 0 amide bonds. The third-order valence-corrected chi connectivity index (χ3v) is 8.97. The van der Waals surface area contributed by atoms with E-state index in [2.05, 4.69) is 72.9 Å². The van der Waals surface area contributed by atoms with Crippen molar-refractivity contribution in [1.29, 1.82) is 0 Å². The molecule has 1 radical (unpaired) electrons. The molecule has 0 saturated carbocycles. The summed E-state index contributed by atoms with van der Waals surface area (Å²) in [5.74, 6) is 0.901. The van der Waals surface area contributed by atoms with Gasteiger partial charge < -0.3 is 5.32 Å². The van der Waals surface area contributed by atoms with Crippen molar-refractivity contribution < 1.29 is 0 Å². The lowest BCUT2D eigenvalue weighted by Gasteiger charge is -2.52. The van der Waals surface area contributed by atoms with Crippen LogP contribution in [0.15, 0.2) is 66.7 Å². The fourth-order valence-corrected chi connectivity index (χ4v) is 7.47. The summed E-state index contributed by atoms with van der Waals surface area (Å²) >= 11 is 6.34. The van der Waals surface area contributed by atoms with Crippen molar-refractivity contribution in [2.75, 3.05) is 19.6 Å². The Bertz CT molecular complexity index is 1180. The summed E-state index contributed by atoms with van der Waals surface area (Å²) in [6.07, 6.45) is 5.54. The number of fused-ring (bicyclic) bond motifs is 2. The number of benzene rings is 2. The lowest BCUT2D eigenvalue weighted by Crippen LogP contribution is -2.56. The summed E-state index contributed by atoms with van der Waals surface area (Å²) in [4.78, 5) is 4.79. The van der Waals surface area contributed by atoms with Gasteiger partial charge in [-0.15, -0.1) is 0 Å². The van der Waals surface area contributed by atoms with Gasteiger partial charge in [-0.25, -0.2) is 10.3 Å². The SMILES string of the molecule is Cc1cccc(C2([C@@H]3CNC[C@]34CCCc3nc(Cl)ccc34)CC(c3ccccc3)CC[N]2)c1. The predicted octanol–water partition coefficient (Wildman–Crippen LogP) is 5.91. The first-order valence-corrected chi connectivity index (χ1v) is 13.2. The molecule has 2 fully saturated rings. The number of hydrogen-bond acceptors (Lipinski definition) is 2. The molecule has 2 aliphatic heterocycles. The second kappa shape index (κ2) is 8.78. The van der Waals surface area contributed by atoms with Crippen molar-refractivity contribution in [3.05, 3.63) is 99.8 Å². The molecule has 4 atom stereocenters. The average molecular weight is 471 g/mol. The molecular weight excluding hydrogens is 438 g/mol. The molecule has 1 N–H and O–H groups in total. The van der Waals surface area contributed by atoms with E-state index in [-0.39, 0.29) is 11.0 Å². The first-order valence-electron chi connectivity index (χ1n) is 12.8. The summed E-state index contributed by atoms with van der Waals surface area (Å²) in [5, 5.41) is 10.0. The molecule has 3 heterocycles. The van der Waals surface area contributed by atoms with Crippen LogP contribution in [0.5, 0.6) is 0 Å². The minimum Gasteiger partial charge on any atom is -0.315 e. The number of rotatable bonds is 3. The number of halogens is 1. The standard InChI is InChI=1S/C30H33ClN3/c1-21-7-5-10-24(17-21)30(18-23(14-16-33-30)22-8-3-2-4-9-22)27-19-32-20-29(27)15-6-11-26-25(29)12-13-28(31)34-26/h2-5,7-10,12-13,17,23,27,32H,6,11,14-16,18-20H2,1H3/t23?,27-,29+,30?/m1/s1. The smallest absolute Gasteiger partial charge is 0.129 e. The summed E-state index contributed by atoms with van der Waals surface area (Å²) in [5.41, 5.74) is 6.57. The van der Waals surface area contributed by atoms with Gasteiger partial charge in [0.15, 0.2) is 0 Å². The Labute approximate surface area is 208 Å². The van der Waals surface area contributed by atoms with Gasteiger partial charge in [-0.2, -0.15) is 0 Å². The minimum atomic E-state index is -0.220. The van der Waals surface area contributed by atoms with Crippen molar-refractivity contribution in [2.24, 2.45) is 5.92 Å². The van der Waals surface area contributed by atoms with E-state index in [1.54, 1.807) is 0 Å². The van der Waals surface area contributed by atoms with E-state index in [1.165, 1.54) is 34.4 Å². The van der Waals surface area contributed by atoms with Crippen LogP contribution in [0.3, 0.4) is 0 Å². The van der Waals surface area contributed by atoms with Crippen molar-refractivity contribution in [3.63, 3.8) is 0 Å². The van der Waals surface area contributed by atoms with E-state index in [0.29, 0.717) is 17.0 Å². The fourth-order valence-electron chi connectivity index (χ4n) is 7.30. The van der Waals surface area contributed by atoms with Crippen LogP contribution in [0, 0.1) is 12.8 Å². The Hall–Kier alpha value is -2.20. The van der Waals surface area contributed by atoms with Crippen molar-refractivity contribution in [1.82, 2.24) is 15.6 Å². The monoisotopic (exact) mass is 470 g/mol. The third-order valence-electron chi connectivity index (χ3n) is 8.76. The van der Waals surface area contributed by atoms with Gasteiger partial charge in [-0.05, 0) is 67.7 Å². The molecule has 34 heavy (non-hydrogen) atoms. The Kier molecular flexibility index (Phi) is 5.76. The lowest BCUT2D eigenvalue weighted by atomic mass is 9.55. The Morgan fingerprint density at radius 1 is 1.03 bits per heavy atom. The zero-order valence-electron chi connectivity index (χ0n) is 19.9. The summed E-state index contributed by atoms with van der Waals surface area (Å²) in [7, 11) is 0. The maximum absolute atomic E-state index is 6.34. The van der Waals surface area contributed by atoms with Crippen LogP contribution in [-0.4, -0.2) is 24.6 Å². The number of pyridine rings is 1. The van der Waals surface area contributed by atoms with Crippen molar-refractivity contribution >= 4 is 11.6 Å². The zero-order valence-corrected chi connectivity index (χ0v) is 20.7. The zero-order chi connectivity index (χ0) is 23.2. The maximum atomic E-state index is 6.34. The quantitative estimate of drug-likeness (QED) is 0.483. The highest BCUT2D eigenvalue weighted by Crippen LogP contribution is 2.55. The van der Waals surface area contributed by atoms with Crippen molar-refractivity contribution in [2.45, 2.75) is 55.9 Å². The Morgan fingerprint density at radius 3 is 2.76 bits per heavy atom. The second-order valence-corrected chi connectivity index (χ2v) is 11.0. The van der Waals surface area contributed by atoms with E-state index in [4.69, 9.17) is 21.9 Å². The molecule has 2 unspecified atom stereocenters. The largest absolute Gasteiger partial charge is 0.315 e.